The van der Waals surface area contributed by atoms with E-state index in [2.05, 4.69) is 17.6 Å². The Bertz CT molecular complexity index is 1070. The Kier molecular flexibility index (Phi) is 7.08. The highest BCUT2D eigenvalue weighted by atomic mass is 16.5. The van der Waals surface area contributed by atoms with Gasteiger partial charge in [-0.3, -0.25) is 9.59 Å². The highest BCUT2D eigenvalue weighted by Crippen LogP contribution is 2.20. The van der Waals surface area contributed by atoms with E-state index in [0.29, 0.717) is 11.3 Å². The average molecular weight is 417 g/mol. The van der Waals surface area contributed by atoms with Gasteiger partial charge in [0, 0.05) is 16.9 Å². The SMILES string of the molecule is CCc1ccccc1NC(=O)c1ccc(O[C@@H](C)C(=O)Nc2cccc(C)c2C)cc1. The first-order valence-corrected chi connectivity index (χ1v) is 10.4. The second-order valence-electron chi connectivity index (χ2n) is 7.49. The Hall–Kier alpha value is -3.60. The number of aryl methyl sites for hydroxylation is 2. The first kappa shape index (κ1) is 22.1. The van der Waals surface area contributed by atoms with Gasteiger partial charge in [0.05, 0.1) is 0 Å². The van der Waals surface area contributed by atoms with Crippen LogP contribution < -0.4 is 15.4 Å². The van der Waals surface area contributed by atoms with Crippen LogP contribution in [0.4, 0.5) is 11.4 Å². The van der Waals surface area contributed by atoms with Gasteiger partial charge in [-0.05, 0) is 80.3 Å². The predicted molar refractivity (Wildman–Crippen MR) is 125 cm³/mol. The molecule has 3 aromatic carbocycles. The van der Waals surface area contributed by atoms with Gasteiger partial charge in [-0.1, -0.05) is 37.3 Å². The fourth-order valence-electron chi connectivity index (χ4n) is 3.21. The zero-order valence-electron chi connectivity index (χ0n) is 18.4. The van der Waals surface area contributed by atoms with Gasteiger partial charge < -0.3 is 15.4 Å². The fourth-order valence-corrected chi connectivity index (χ4v) is 3.21. The van der Waals surface area contributed by atoms with Crippen molar-refractivity contribution < 1.29 is 14.3 Å². The molecule has 0 fully saturated rings. The molecular formula is C26H28N2O3. The number of carbonyl (C=O) groups excluding carboxylic acids is 2. The number of amides is 2. The number of benzene rings is 3. The Morgan fingerprint density at radius 1 is 0.871 bits per heavy atom. The molecule has 0 bridgehead atoms. The number of ether oxygens (including phenoxy) is 1. The van der Waals surface area contributed by atoms with Gasteiger partial charge in [0.2, 0.25) is 0 Å². The molecule has 1 atom stereocenters. The molecule has 0 aliphatic heterocycles. The maximum absolute atomic E-state index is 12.6. The van der Waals surface area contributed by atoms with Crippen molar-refractivity contribution in [1.82, 2.24) is 0 Å². The van der Waals surface area contributed by atoms with Gasteiger partial charge >= 0.3 is 0 Å². The Balaban J connectivity index is 1.61. The van der Waals surface area contributed by atoms with Crippen molar-refractivity contribution in [3.63, 3.8) is 0 Å². The zero-order chi connectivity index (χ0) is 22.4. The number of hydrogen-bond acceptors (Lipinski definition) is 3. The largest absolute Gasteiger partial charge is 0.481 e. The van der Waals surface area contributed by atoms with Crippen LogP contribution >= 0.6 is 0 Å². The molecular weight excluding hydrogens is 388 g/mol. The fraction of sp³-hybridized carbons (Fsp3) is 0.231. The van der Waals surface area contributed by atoms with Crippen molar-refractivity contribution >= 4 is 23.2 Å². The third-order valence-electron chi connectivity index (χ3n) is 5.31. The molecule has 5 nitrogen and oxygen atoms in total. The molecule has 0 aliphatic carbocycles. The van der Waals surface area contributed by atoms with Crippen LogP contribution in [0.5, 0.6) is 5.75 Å². The molecule has 0 spiro atoms. The van der Waals surface area contributed by atoms with Gasteiger partial charge in [-0.15, -0.1) is 0 Å². The van der Waals surface area contributed by atoms with Gasteiger partial charge in [-0.2, -0.15) is 0 Å². The maximum Gasteiger partial charge on any atom is 0.265 e. The summed E-state index contributed by atoms with van der Waals surface area (Å²) in [5.41, 5.74) is 5.34. The van der Waals surface area contributed by atoms with Gasteiger partial charge in [0.1, 0.15) is 5.75 Å². The average Bonchev–Trinajstić information content (AvgIpc) is 2.77. The summed E-state index contributed by atoms with van der Waals surface area (Å²) in [5, 5.41) is 5.86. The lowest BCUT2D eigenvalue weighted by Gasteiger charge is -2.16. The van der Waals surface area contributed by atoms with E-state index >= 15 is 0 Å². The van der Waals surface area contributed by atoms with Crippen LogP contribution in [-0.4, -0.2) is 17.9 Å². The van der Waals surface area contributed by atoms with Crippen LogP contribution in [0.15, 0.2) is 66.7 Å². The summed E-state index contributed by atoms with van der Waals surface area (Å²) in [7, 11) is 0. The van der Waals surface area contributed by atoms with E-state index in [1.165, 1.54) is 0 Å². The number of rotatable bonds is 7. The summed E-state index contributed by atoms with van der Waals surface area (Å²) in [6.45, 7) is 7.72. The molecule has 3 aromatic rings. The Labute approximate surface area is 183 Å². The minimum atomic E-state index is -0.684. The molecule has 5 heteroatoms. The maximum atomic E-state index is 12.6. The van der Waals surface area contributed by atoms with Crippen LogP contribution in [0, 0.1) is 13.8 Å². The molecule has 2 amide bonds. The van der Waals surface area contributed by atoms with E-state index in [0.717, 1.165) is 34.5 Å². The Morgan fingerprint density at radius 2 is 1.55 bits per heavy atom. The number of anilines is 2. The molecule has 31 heavy (non-hydrogen) atoms. The normalized spacial score (nSPS) is 11.5. The quantitative estimate of drug-likeness (QED) is 0.533. The number of hydrogen-bond donors (Lipinski definition) is 2. The predicted octanol–water partition coefficient (Wildman–Crippen LogP) is 5.52. The second-order valence-corrected chi connectivity index (χ2v) is 7.49. The smallest absolute Gasteiger partial charge is 0.265 e. The van der Waals surface area contributed by atoms with E-state index in [9.17, 15) is 9.59 Å². The van der Waals surface area contributed by atoms with E-state index in [1.54, 1.807) is 31.2 Å². The van der Waals surface area contributed by atoms with Crippen LogP contribution in [-0.2, 0) is 11.2 Å². The molecule has 0 aliphatic rings. The van der Waals surface area contributed by atoms with Gasteiger partial charge in [0.25, 0.3) is 11.8 Å². The lowest BCUT2D eigenvalue weighted by Crippen LogP contribution is -2.30. The van der Waals surface area contributed by atoms with Crippen molar-refractivity contribution in [2.75, 3.05) is 10.6 Å². The minimum absolute atomic E-state index is 0.187. The standard InChI is InChI=1S/C26H28N2O3/c1-5-20-10-6-7-11-24(20)28-26(30)21-13-15-22(16-14-21)31-19(4)25(29)27-23-12-8-9-17(2)18(23)3/h6-16,19H,5H2,1-4H3,(H,27,29)(H,28,30)/t19-/m0/s1. The third-order valence-corrected chi connectivity index (χ3v) is 5.31. The van der Waals surface area contributed by atoms with E-state index < -0.39 is 6.10 Å². The monoisotopic (exact) mass is 416 g/mol. The first-order chi connectivity index (χ1) is 14.9. The van der Waals surface area contributed by atoms with Gasteiger partial charge in [0.15, 0.2) is 6.10 Å². The van der Waals surface area contributed by atoms with Crippen molar-refractivity contribution in [2.45, 2.75) is 40.2 Å². The van der Waals surface area contributed by atoms with Gasteiger partial charge in [-0.25, -0.2) is 0 Å². The van der Waals surface area contributed by atoms with Crippen molar-refractivity contribution in [1.29, 1.82) is 0 Å². The van der Waals surface area contributed by atoms with E-state index in [4.69, 9.17) is 4.74 Å². The Morgan fingerprint density at radius 3 is 2.26 bits per heavy atom. The summed E-state index contributed by atoms with van der Waals surface area (Å²) in [6, 6.07) is 20.3. The number of nitrogens with one attached hydrogen (secondary N) is 2. The zero-order valence-corrected chi connectivity index (χ0v) is 18.4. The van der Waals surface area contributed by atoms with Crippen LogP contribution in [0.2, 0.25) is 0 Å². The molecule has 160 valence electrons. The summed E-state index contributed by atoms with van der Waals surface area (Å²) in [5.74, 6) is 0.106. The minimum Gasteiger partial charge on any atom is -0.481 e. The molecule has 0 aromatic heterocycles. The summed E-state index contributed by atoms with van der Waals surface area (Å²) in [4.78, 5) is 25.1. The lowest BCUT2D eigenvalue weighted by molar-refractivity contribution is -0.122. The highest BCUT2D eigenvalue weighted by molar-refractivity contribution is 6.04. The molecule has 0 saturated carbocycles. The molecule has 0 heterocycles. The third kappa shape index (κ3) is 5.51. The summed E-state index contributed by atoms with van der Waals surface area (Å²) >= 11 is 0. The summed E-state index contributed by atoms with van der Waals surface area (Å²) < 4.78 is 5.76. The summed E-state index contributed by atoms with van der Waals surface area (Å²) in [6.07, 6.45) is 0.154. The number of para-hydroxylation sites is 1. The molecule has 0 unspecified atom stereocenters. The molecule has 2 N–H and O–H groups in total. The lowest BCUT2D eigenvalue weighted by atomic mass is 10.1. The van der Waals surface area contributed by atoms with Crippen molar-refractivity contribution in [3.05, 3.63) is 89.0 Å². The van der Waals surface area contributed by atoms with Crippen molar-refractivity contribution in [2.24, 2.45) is 0 Å². The highest BCUT2D eigenvalue weighted by Gasteiger charge is 2.16. The van der Waals surface area contributed by atoms with E-state index in [1.807, 2.05) is 56.3 Å². The number of carbonyl (C=O) groups is 2. The first-order valence-electron chi connectivity index (χ1n) is 10.4. The van der Waals surface area contributed by atoms with Crippen LogP contribution in [0.3, 0.4) is 0 Å². The topological polar surface area (TPSA) is 67.4 Å². The molecule has 0 saturated heterocycles. The second kappa shape index (κ2) is 9.94. The van der Waals surface area contributed by atoms with Crippen molar-refractivity contribution in [3.8, 4) is 5.75 Å². The molecule has 3 rings (SSSR count). The van der Waals surface area contributed by atoms with Crippen LogP contribution in [0.25, 0.3) is 0 Å². The van der Waals surface area contributed by atoms with Crippen LogP contribution in [0.1, 0.15) is 40.9 Å². The molecule has 0 radical (unpaired) electrons. The van der Waals surface area contributed by atoms with E-state index in [-0.39, 0.29) is 11.8 Å².